The minimum Gasteiger partial charge on any atom is -0.463 e. The van der Waals surface area contributed by atoms with E-state index < -0.39 is 40.9 Å². The number of aliphatic hydroxyl groups is 1. The molecule has 2 saturated heterocycles. The summed E-state index contributed by atoms with van der Waals surface area (Å²) in [7, 11) is 0. The largest absolute Gasteiger partial charge is 0.463 e. The van der Waals surface area contributed by atoms with E-state index in [0.717, 1.165) is 5.57 Å². The van der Waals surface area contributed by atoms with Crippen LogP contribution in [0.3, 0.4) is 0 Å². The van der Waals surface area contributed by atoms with E-state index >= 15 is 0 Å². The van der Waals surface area contributed by atoms with Crippen LogP contribution in [0.2, 0.25) is 5.02 Å². The number of nitrogens with zero attached hydrogens (tertiary/aromatic N) is 1. The summed E-state index contributed by atoms with van der Waals surface area (Å²) in [5.41, 5.74) is 0.437. The van der Waals surface area contributed by atoms with Crippen molar-refractivity contribution in [2.45, 2.75) is 30.8 Å². The third-order valence-electron chi connectivity index (χ3n) is 9.13. The number of amides is 4. The van der Waals surface area contributed by atoms with E-state index in [1.165, 1.54) is 4.90 Å². The third-order valence-corrected chi connectivity index (χ3v) is 9.37. The Morgan fingerprint density at radius 3 is 2.50 bits per heavy atom. The number of hydrogen-bond acceptors (Lipinski definition) is 6. The van der Waals surface area contributed by atoms with E-state index in [1.807, 2.05) is 36.4 Å². The number of anilines is 1. The molecule has 3 aromatic rings. The molecule has 0 bridgehead atoms. The maximum Gasteiger partial charge on any atom is 0.246 e. The van der Waals surface area contributed by atoms with Crippen molar-refractivity contribution in [1.82, 2.24) is 5.32 Å². The number of imide groups is 2. The van der Waals surface area contributed by atoms with Gasteiger partial charge in [0.05, 0.1) is 29.4 Å². The molecule has 6 atom stereocenters. The molecular formula is C31H25ClN2O6. The van der Waals surface area contributed by atoms with E-state index in [4.69, 9.17) is 16.0 Å². The molecule has 2 aliphatic carbocycles. The predicted molar refractivity (Wildman–Crippen MR) is 144 cm³/mol. The Labute approximate surface area is 234 Å². The summed E-state index contributed by atoms with van der Waals surface area (Å²) in [6.07, 6.45) is 2.51. The number of nitrogens with one attached hydrogen (secondary N) is 1. The maximum absolute atomic E-state index is 14.9. The van der Waals surface area contributed by atoms with Gasteiger partial charge in [-0.2, -0.15) is 0 Å². The summed E-state index contributed by atoms with van der Waals surface area (Å²) < 4.78 is 6.12. The zero-order chi connectivity index (χ0) is 27.8. The fraction of sp³-hybridized carbons (Fsp3) is 0.290. The van der Waals surface area contributed by atoms with Gasteiger partial charge in [0, 0.05) is 5.02 Å². The number of benzene rings is 2. The standard InChI is InChI=1S/C31H25ClN2O6/c32-17-7-4-8-18(13-17)34-29(38)23-14-22-20(10-11-21-25(22)28(37)33-27(21)36)26(24-12-9-19(15-35)40-24)31(23,30(34)39)16-5-2-1-3-6-16/h1-10,12-13,21-23,25-26,35H,11,14-15H2,(H,33,36,37). The van der Waals surface area contributed by atoms with Crippen LogP contribution in [0.1, 0.15) is 35.8 Å². The molecular weight excluding hydrogens is 532 g/mol. The van der Waals surface area contributed by atoms with Crippen LogP contribution in [0.4, 0.5) is 5.69 Å². The van der Waals surface area contributed by atoms with E-state index in [-0.39, 0.29) is 30.7 Å². The molecule has 3 fully saturated rings. The van der Waals surface area contributed by atoms with Crippen LogP contribution < -0.4 is 10.2 Å². The highest BCUT2D eigenvalue weighted by Gasteiger charge is 2.70. The smallest absolute Gasteiger partial charge is 0.246 e. The molecule has 6 unspecified atom stereocenters. The number of carbonyl (C=O) groups is 4. The number of allylic oxidation sites excluding steroid dienone is 2. The molecule has 40 heavy (non-hydrogen) atoms. The van der Waals surface area contributed by atoms with Gasteiger partial charge in [0.15, 0.2) is 0 Å². The van der Waals surface area contributed by atoms with Crippen LogP contribution in [-0.2, 0) is 31.2 Å². The predicted octanol–water partition coefficient (Wildman–Crippen LogP) is 3.88. The first-order valence-corrected chi connectivity index (χ1v) is 13.7. The minimum atomic E-state index is -1.39. The van der Waals surface area contributed by atoms with Crippen LogP contribution in [0, 0.1) is 23.7 Å². The van der Waals surface area contributed by atoms with Crippen molar-refractivity contribution in [3.63, 3.8) is 0 Å². The van der Waals surface area contributed by atoms with Crippen molar-refractivity contribution in [2.75, 3.05) is 4.90 Å². The van der Waals surface area contributed by atoms with Gasteiger partial charge in [-0.1, -0.05) is 59.6 Å². The van der Waals surface area contributed by atoms with Crippen molar-refractivity contribution in [1.29, 1.82) is 0 Å². The summed E-state index contributed by atoms with van der Waals surface area (Å²) in [6, 6.07) is 19.2. The lowest BCUT2D eigenvalue weighted by molar-refractivity contribution is -0.128. The van der Waals surface area contributed by atoms with Gasteiger partial charge in [0.25, 0.3) is 0 Å². The first-order valence-electron chi connectivity index (χ1n) is 13.3. The molecule has 0 radical (unpaired) electrons. The van der Waals surface area contributed by atoms with Crippen LogP contribution in [-0.4, -0.2) is 28.7 Å². The fourth-order valence-electron chi connectivity index (χ4n) is 7.60. The second-order valence-electron chi connectivity index (χ2n) is 10.9. The molecule has 9 heteroatoms. The Morgan fingerprint density at radius 1 is 0.975 bits per heavy atom. The summed E-state index contributed by atoms with van der Waals surface area (Å²) in [5, 5.41) is 12.7. The summed E-state index contributed by atoms with van der Waals surface area (Å²) >= 11 is 6.28. The molecule has 4 amide bonds. The average Bonchev–Trinajstić information content (AvgIpc) is 3.61. The van der Waals surface area contributed by atoms with E-state index in [0.29, 0.717) is 34.2 Å². The van der Waals surface area contributed by atoms with Crippen molar-refractivity contribution in [2.24, 2.45) is 23.7 Å². The van der Waals surface area contributed by atoms with E-state index in [9.17, 15) is 24.3 Å². The number of rotatable bonds is 4. The number of aliphatic hydroxyl groups excluding tert-OH is 1. The summed E-state index contributed by atoms with van der Waals surface area (Å²) in [4.78, 5) is 56.2. The monoisotopic (exact) mass is 556 g/mol. The highest BCUT2D eigenvalue weighted by molar-refractivity contribution is 6.32. The topological polar surface area (TPSA) is 117 Å². The van der Waals surface area contributed by atoms with Gasteiger partial charge in [0.1, 0.15) is 23.5 Å². The number of furan rings is 1. The van der Waals surface area contributed by atoms with Crippen molar-refractivity contribution < 1.29 is 28.7 Å². The van der Waals surface area contributed by atoms with Crippen LogP contribution in [0.5, 0.6) is 0 Å². The van der Waals surface area contributed by atoms with Crippen molar-refractivity contribution >= 4 is 40.9 Å². The second-order valence-corrected chi connectivity index (χ2v) is 11.3. The Morgan fingerprint density at radius 2 is 1.77 bits per heavy atom. The van der Waals surface area contributed by atoms with Crippen LogP contribution in [0.15, 0.2) is 82.8 Å². The summed E-state index contributed by atoms with van der Waals surface area (Å²) in [6.45, 7) is -0.333. The number of hydrogen-bond donors (Lipinski definition) is 2. The van der Waals surface area contributed by atoms with Gasteiger partial charge < -0.3 is 9.52 Å². The molecule has 2 N–H and O–H groups in total. The SMILES string of the molecule is O=C1NC(=O)C2C1CC=C1C2CC2C(=O)N(c3cccc(Cl)c3)C(=O)C2(c2ccccc2)C1c1ccc(CO)o1. The molecule has 4 aliphatic rings. The van der Waals surface area contributed by atoms with Crippen molar-refractivity contribution in [3.8, 4) is 0 Å². The lowest BCUT2D eigenvalue weighted by Crippen LogP contribution is -2.53. The van der Waals surface area contributed by atoms with Crippen LogP contribution in [0.25, 0.3) is 0 Å². The second kappa shape index (κ2) is 9.01. The zero-order valence-corrected chi connectivity index (χ0v) is 22.0. The molecule has 2 aliphatic heterocycles. The molecule has 2 aromatic carbocycles. The highest BCUT2D eigenvalue weighted by Crippen LogP contribution is 2.64. The van der Waals surface area contributed by atoms with Gasteiger partial charge in [-0.15, -0.1) is 0 Å². The zero-order valence-electron chi connectivity index (χ0n) is 21.2. The minimum absolute atomic E-state index is 0.217. The summed E-state index contributed by atoms with van der Waals surface area (Å²) in [5.74, 6) is -3.91. The van der Waals surface area contributed by atoms with Crippen LogP contribution >= 0.6 is 11.6 Å². The third kappa shape index (κ3) is 3.29. The normalized spacial score (nSPS) is 31.0. The van der Waals surface area contributed by atoms with Gasteiger partial charge in [-0.05, 0) is 54.7 Å². The van der Waals surface area contributed by atoms with Gasteiger partial charge in [-0.3, -0.25) is 24.5 Å². The van der Waals surface area contributed by atoms with Gasteiger partial charge in [0.2, 0.25) is 23.6 Å². The van der Waals surface area contributed by atoms with Crippen molar-refractivity contribution in [3.05, 3.63) is 100 Å². The number of carbonyl (C=O) groups excluding carboxylic acids is 4. The lowest BCUT2D eigenvalue weighted by Gasteiger charge is -2.49. The quantitative estimate of drug-likeness (QED) is 0.372. The number of fused-ring (bicyclic) bond motifs is 4. The average molecular weight is 557 g/mol. The Balaban J connectivity index is 1.51. The fourth-order valence-corrected chi connectivity index (χ4v) is 7.78. The van der Waals surface area contributed by atoms with E-state index in [1.54, 1.807) is 36.4 Å². The molecule has 7 rings (SSSR count). The van der Waals surface area contributed by atoms with Gasteiger partial charge in [-0.25, -0.2) is 4.90 Å². The molecule has 8 nitrogen and oxygen atoms in total. The van der Waals surface area contributed by atoms with E-state index in [2.05, 4.69) is 5.32 Å². The Kier molecular flexibility index (Phi) is 5.63. The molecule has 202 valence electrons. The first-order chi connectivity index (χ1) is 19.4. The highest BCUT2D eigenvalue weighted by atomic mass is 35.5. The first kappa shape index (κ1) is 25.0. The molecule has 0 spiro atoms. The maximum atomic E-state index is 14.9. The molecule has 1 aromatic heterocycles. The Bertz CT molecular complexity index is 1610. The molecule has 1 saturated carbocycles. The Hall–Kier alpha value is -4.01. The number of halogens is 1. The molecule has 3 heterocycles. The van der Waals surface area contributed by atoms with Gasteiger partial charge >= 0.3 is 0 Å². The lowest BCUT2D eigenvalue weighted by atomic mass is 9.50.